The van der Waals surface area contributed by atoms with E-state index < -0.39 is 0 Å². The SMILES string of the molecule is CCc1ccc(C2CCN(C)CC2)cc1.Cl. The minimum Gasteiger partial charge on any atom is -0.306 e. The first-order chi connectivity index (χ1) is 7.29. The van der Waals surface area contributed by atoms with Crippen molar-refractivity contribution in [1.82, 2.24) is 4.90 Å². The molecule has 1 aliphatic heterocycles. The molecular weight excluding hydrogens is 218 g/mol. The van der Waals surface area contributed by atoms with E-state index in [1.807, 2.05) is 0 Å². The Hall–Kier alpha value is -0.530. The fraction of sp³-hybridized carbons (Fsp3) is 0.571. The van der Waals surface area contributed by atoms with Gasteiger partial charge < -0.3 is 4.90 Å². The van der Waals surface area contributed by atoms with Crippen LogP contribution < -0.4 is 0 Å². The molecule has 0 N–H and O–H groups in total. The molecule has 0 spiro atoms. The van der Waals surface area contributed by atoms with E-state index in [2.05, 4.69) is 43.1 Å². The number of halogens is 1. The van der Waals surface area contributed by atoms with Gasteiger partial charge in [0, 0.05) is 0 Å². The minimum atomic E-state index is 0. The number of piperidine rings is 1. The standard InChI is InChI=1S/C14H21N.ClH/c1-3-12-4-6-13(7-5-12)14-8-10-15(2)11-9-14;/h4-7,14H,3,8-11H2,1-2H3;1H. The van der Waals surface area contributed by atoms with E-state index in [9.17, 15) is 0 Å². The molecule has 0 bridgehead atoms. The monoisotopic (exact) mass is 239 g/mol. The molecule has 2 heteroatoms. The average Bonchev–Trinajstić information content (AvgIpc) is 2.30. The van der Waals surface area contributed by atoms with Crippen LogP contribution in [0.25, 0.3) is 0 Å². The highest BCUT2D eigenvalue weighted by Gasteiger charge is 2.17. The molecule has 0 amide bonds. The van der Waals surface area contributed by atoms with Gasteiger partial charge in [-0.25, -0.2) is 0 Å². The molecule has 0 aromatic heterocycles. The molecule has 0 unspecified atom stereocenters. The van der Waals surface area contributed by atoms with E-state index in [0.29, 0.717) is 0 Å². The first-order valence-electron chi connectivity index (χ1n) is 6.07. The second kappa shape index (κ2) is 6.27. The van der Waals surface area contributed by atoms with Crippen LogP contribution in [0.1, 0.15) is 36.8 Å². The van der Waals surface area contributed by atoms with E-state index in [0.717, 1.165) is 12.3 Å². The molecule has 0 aliphatic carbocycles. The fourth-order valence-corrected chi connectivity index (χ4v) is 2.37. The van der Waals surface area contributed by atoms with Crippen molar-refractivity contribution in [1.29, 1.82) is 0 Å². The first kappa shape index (κ1) is 13.5. The summed E-state index contributed by atoms with van der Waals surface area (Å²) in [5.74, 6) is 0.798. The number of nitrogens with zero attached hydrogens (tertiary/aromatic N) is 1. The number of benzene rings is 1. The molecule has 1 fully saturated rings. The number of hydrogen-bond donors (Lipinski definition) is 0. The van der Waals surface area contributed by atoms with E-state index >= 15 is 0 Å². The van der Waals surface area contributed by atoms with Gasteiger partial charge >= 0.3 is 0 Å². The zero-order valence-corrected chi connectivity index (χ0v) is 11.1. The Balaban J connectivity index is 0.00000128. The average molecular weight is 240 g/mol. The zero-order chi connectivity index (χ0) is 10.7. The maximum atomic E-state index is 2.43. The topological polar surface area (TPSA) is 3.24 Å². The molecule has 1 saturated heterocycles. The highest BCUT2D eigenvalue weighted by Crippen LogP contribution is 2.27. The van der Waals surface area contributed by atoms with Gasteiger partial charge in [-0.1, -0.05) is 31.2 Å². The molecule has 0 saturated carbocycles. The quantitative estimate of drug-likeness (QED) is 0.764. The molecule has 1 aliphatic rings. The van der Waals surface area contributed by atoms with Crippen LogP contribution >= 0.6 is 12.4 Å². The second-order valence-corrected chi connectivity index (χ2v) is 4.67. The number of likely N-dealkylation sites (tertiary alicyclic amines) is 1. The third kappa shape index (κ3) is 3.23. The lowest BCUT2D eigenvalue weighted by molar-refractivity contribution is 0.255. The third-order valence-electron chi connectivity index (χ3n) is 3.58. The van der Waals surface area contributed by atoms with Crippen LogP contribution in [0.15, 0.2) is 24.3 Å². The zero-order valence-electron chi connectivity index (χ0n) is 10.3. The Bertz CT molecular complexity index is 299. The number of hydrogen-bond acceptors (Lipinski definition) is 1. The third-order valence-corrected chi connectivity index (χ3v) is 3.58. The van der Waals surface area contributed by atoms with Crippen LogP contribution in [0.4, 0.5) is 0 Å². The van der Waals surface area contributed by atoms with Crippen molar-refractivity contribution in [2.75, 3.05) is 20.1 Å². The summed E-state index contributed by atoms with van der Waals surface area (Å²) in [4.78, 5) is 2.43. The summed E-state index contributed by atoms with van der Waals surface area (Å²) in [6, 6.07) is 9.23. The summed E-state index contributed by atoms with van der Waals surface area (Å²) < 4.78 is 0. The van der Waals surface area contributed by atoms with Crippen molar-refractivity contribution in [3.8, 4) is 0 Å². The lowest BCUT2D eigenvalue weighted by Gasteiger charge is -2.29. The van der Waals surface area contributed by atoms with Crippen LogP contribution in [0.2, 0.25) is 0 Å². The van der Waals surface area contributed by atoms with Gasteiger partial charge in [-0.05, 0) is 56.4 Å². The molecule has 1 nitrogen and oxygen atoms in total. The Morgan fingerprint density at radius 2 is 1.69 bits per heavy atom. The van der Waals surface area contributed by atoms with Gasteiger partial charge in [-0.15, -0.1) is 12.4 Å². The number of rotatable bonds is 2. The lowest BCUT2D eigenvalue weighted by Crippen LogP contribution is -2.29. The van der Waals surface area contributed by atoms with E-state index in [-0.39, 0.29) is 12.4 Å². The fourth-order valence-electron chi connectivity index (χ4n) is 2.37. The predicted octanol–water partition coefficient (Wildman–Crippen LogP) is 3.48. The Kier molecular flexibility index (Phi) is 5.30. The van der Waals surface area contributed by atoms with E-state index in [4.69, 9.17) is 0 Å². The summed E-state index contributed by atoms with van der Waals surface area (Å²) in [6.07, 6.45) is 3.79. The van der Waals surface area contributed by atoms with E-state index in [1.165, 1.54) is 31.5 Å². The van der Waals surface area contributed by atoms with Crippen LogP contribution in [-0.2, 0) is 6.42 Å². The van der Waals surface area contributed by atoms with Crippen molar-refractivity contribution in [3.05, 3.63) is 35.4 Å². The summed E-state index contributed by atoms with van der Waals surface area (Å²) in [7, 11) is 2.22. The van der Waals surface area contributed by atoms with Crippen LogP contribution in [-0.4, -0.2) is 25.0 Å². The molecule has 1 aromatic rings. The molecule has 90 valence electrons. The van der Waals surface area contributed by atoms with Crippen molar-refractivity contribution >= 4 is 12.4 Å². The lowest BCUT2D eigenvalue weighted by atomic mass is 9.89. The largest absolute Gasteiger partial charge is 0.306 e. The van der Waals surface area contributed by atoms with Crippen LogP contribution in [0.5, 0.6) is 0 Å². The first-order valence-corrected chi connectivity index (χ1v) is 6.07. The van der Waals surface area contributed by atoms with Crippen molar-refractivity contribution in [3.63, 3.8) is 0 Å². The maximum absolute atomic E-state index is 2.43. The molecule has 2 rings (SSSR count). The smallest absolute Gasteiger partial charge is 0.00159 e. The molecule has 1 aromatic carbocycles. The normalized spacial score (nSPS) is 18.1. The van der Waals surface area contributed by atoms with Gasteiger partial charge in [0.1, 0.15) is 0 Å². The maximum Gasteiger partial charge on any atom is -0.00159 e. The number of aryl methyl sites for hydroxylation is 1. The summed E-state index contributed by atoms with van der Waals surface area (Å²) in [6.45, 7) is 4.71. The predicted molar refractivity (Wildman–Crippen MR) is 72.5 cm³/mol. The Labute approximate surface area is 105 Å². The highest BCUT2D eigenvalue weighted by atomic mass is 35.5. The summed E-state index contributed by atoms with van der Waals surface area (Å²) in [5.41, 5.74) is 2.99. The van der Waals surface area contributed by atoms with Gasteiger partial charge in [0.05, 0.1) is 0 Å². The van der Waals surface area contributed by atoms with Gasteiger partial charge in [0.25, 0.3) is 0 Å². The molecule has 1 heterocycles. The Morgan fingerprint density at radius 1 is 1.12 bits per heavy atom. The highest BCUT2D eigenvalue weighted by molar-refractivity contribution is 5.85. The molecule has 0 radical (unpaired) electrons. The Morgan fingerprint density at radius 3 is 2.19 bits per heavy atom. The van der Waals surface area contributed by atoms with Crippen molar-refractivity contribution in [2.45, 2.75) is 32.1 Å². The van der Waals surface area contributed by atoms with E-state index in [1.54, 1.807) is 5.56 Å². The van der Waals surface area contributed by atoms with Crippen LogP contribution in [0.3, 0.4) is 0 Å². The van der Waals surface area contributed by atoms with Crippen molar-refractivity contribution < 1.29 is 0 Å². The summed E-state index contributed by atoms with van der Waals surface area (Å²) >= 11 is 0. The second-order valence-electron chi connectivity index (χ2n) is 4.67. The van der Waals surface area contributed by atoms with Crippen LogP contribution in [0, 0.1) is 0 Å². The molecular formula is C14H22ClN. The van der Waals surface area contributed by atoms with Gasteiger partial charge in [0.2, 0.25) is 0 Å². The van der Waals surface area contributed by atoms with Gasteiger partial charge in [-0.3, -0.25) is 0 Å². The van der Waals surface area contributed by atoms with Gasteiger partial charge in [-0.2, -0.15) is 0 Å². The molecule has 0 atom stereocenters. The minimum absolute atomic E-state index is 0. The van der Waals surface area contributed by atoms with Gasteiger partial charge in [0.15, 0.2) is 0 Å². The summed E-state index contributed by atoms with van der Waals surface area (Å²) in [5, 5.41) is 0. The van der Waals surface area contributed by atoms with Crippen molar-refractivity contribution in [2.24, 2.45) is 0 Å². The molecule has 16 heavy (non-hydrogen) atoms.